The molecule has 1 unspecified atom stereocenters. The second-order valence-corrected chi connectivity index (χ2v) is 5.81. The zero-order valence-electron chi connectivity index (χ0n) is 14.6. The highest BCUT2D eigenvalue weighted by Crippen LogP contribution is 2.12. The third kappa shape index (κ3) is 14.0. The molecule has 0 radical (unpaired) electrons. The topological polar surface area (TPSA) is 35.5 Å². The van der Waals surface area contributed by atoms with E-state index in [4.69, 9.17) is 9.47 Å². The summed E-state index contributed by atoms with van der Waals surface area (Å²) in [6, 6.07) is 0. The lowest BCUT2D eigenvalue weighted by Gasteiger charge is -2.12. The monoisotopic (exact) mass is 310 g/mol. The van der Waals surface area contributed by atoms with E-state index in [-0.39, 0.29) is 12.9 Å². The molecule has 128 valence electrons. The van der Waals surface area contributed by atoms with Crippen molar-refractivity contribution in [3.8, 4) is 0 Å². The van der Waals surface area contributed by atoms with Gasteiger partial charge in [-0.2, -0.15) is 0 Å². The molecular weight excluding hydrogens is 276 g/mol. The summed E-state index contributed by atoms with van der Waals surface area (Å²) in [5.74, 6) is 0.620. The Balaban J connectivity index is 4.02. The maximum absolute atomic E-state index is 10.4. The minimum atomic E-state index is 0.0180. The maximum atomic E-state index is 10.4. The average molecular weight is 310 g/mol. The highest BCUT2D eigenvalue weighted by Gasteiger charge is 2.04. The molecule has 0 bridgehead atoms. The van der Waals surface area contributed by atoms with E-state index in [1.165, 1.54) is 32.1 Å². The Morgan fingerprint density at radius 3 is 2.45 bits per heavy atom. The molecule has 0 fully saturated rings. The van der Waals surface area contributed by atoms with E-state index < -0.39 is 0 Å². The molecule has 2 atom stereocenters. The van der Waals surface area contributed by atoms with E-state index in [1.54, 1.807) is 7.11 Å². The summed E-state index contributed by atoms with van der Waals surface area (Å²) < 4.78 is 10.5. The van der Waals surface area contributed by atoms with E-state index in [0.717, 1.165) is 19.1 Å². The van der Waals surface area contributed by atoms with Gasteiger partial charge in [0.15, 0.2) is 0 Å². The fourth-order valence-electron chi connectivity index (χ4n) is 2.22. The van der Waals surface area contributed by atoms with E-state index >= 15 is 0 Å². The lowest BCUT2D eigenvalue weighted by molar-refractivity contribution is -0.108. The summed E-state index contributed by atoms with van der Waals surface area (Å²) in [7, 11) is 1.62. The van der Waals surface area contributed by atoms with Gasteiger partial charge in [-0.05, 0) is 25.2 Å². The van der Waals surface area contributed by atoms with Crippen LogP contribution in [0, 0.1) is 5.92 Å². The van der Waals surface area contributed by atoms with Crippen LogP contribution in [0.15, 0.2) is 24.3 Å². The number of hydrogen-bond acceptors (Lipinski definition) is 3. The van der Waals surface area contributed by atoms with Crippen LogP contribution in [-0.2, 0) is 14.3 Å². The van der Waals surface area contributed by atoms with Crippen LogP contribution in [0.5, 0.6) is 0 Å². The molecule has 0 saturated heterocycles. The van der Waals surface area contributed by atoms with E-state index in [2.05, 4.69) is 26.0 Å². The first-order valence-corrected chi connectivity index (χ1v) is 8.63. The van der Waals surface area contributed by atoms with Crippen LogP contribution in [0.3, 0.4) is 0 Å². The molecule has 0 spiro atoms. The molecular formula is C19H34O3. The predicted molar refractivity (Wildman–Crippen MR) is 92.9 cm³/mol. The largest absolute Gasteiger partial charge is 0.359 e. The molecule has 0 aromatic rings. The first kappa shape index (κ1) is 21.1. The normalized spacial score (nSPS) is 14.7. The Morgan fingerprint density at radius 1 is 1.00 bits per heavy atom. The van der Waals surface area contributed by atoms with Crippen LogP contribution < -0.4 is 0 Å². The second kappa shape index (κ2) is 16.4. The molecule has 3 nitrogen and oxygen atoms in total. The van der Waals surface area contributed by atoms with Gasteiger partial charge < -0.3 is 14.3 Å². The van der Waals surface area contributed by atoms with Gasteiger partial charge in [0.05, 0.1) is 6.10 Å². The first-order valence-electron chi connectivity index (χ1n) is 8.63. The quantitative estimate of drug-likeness (QED) is 0.183. The van der Waals surface area contributed by atoms with Gasteiger partial charge in [-0.25, -0.2) is 0 Å². The molecule has 0 aliphatic carbocycles. The predicted octanol–water partition coefficient (Wildman–Crippen LogP) is 5.06. The Labute approximate surface area is 136 Å². The lowest BCUT2D eigenvalue weighted by Crippen LogP contribution is -2.11. The molecule has 0 amide bonds. The van der Waals surface area contributed by atoms with Crippen molar-refractivity contribution in [3.05, 3.63) is 24.3 Å². The average Bonchev–Trinajstić information content (AvgIpc) is 2.52. The minimum absolute atomic E-state index is 0.0180. The number of carbonyl (C=O) groups is 1. The molecule has 3 heteroatoms. The van der Waals surface area contributed by atoms with Gasteiger partial charge in [0.1, 0.15) is 13.1 Å². The van der Waals surface area contributed by atoms with Crippen molar-refractivity contribution in [2.45, 2.75) is 71.3 Å². The van der Waals surface area contributed by atoms with Gasteiger partial charge in [0.25, 0.3) is 0 Å². The van der Waals surface area contributed by atoms with Gasteiger partial charge in [0.2, 0.25) is 0 Å². The standard InChI is InChI=1S/C19H34O3/c1-4-5-6-7-12-18(2)13-8-9-14-19(22-17-21-3)15-10-11-16-20/h8-9,13-14,16,18-19H,4-7,10-12,15,17H2,1-3H3/b13-8+,14-9+/t18-,19?/m1/s1. The highest BCUT2D eigenvalue weighted by atomic mass is 16.7. The van der Waals surface area contributed by atoms with Crippen molar-refractivity contribution in [3.63, 3.8) is 0 Å². The van der Waals surface area contributed by atoms with Crippen LogP contribution in [-0.4, -0.2) is 26.3 Å². The van der Waals surface area contributed by atoms with Crippen LogP contribution in [0.1, 0.15) is 65.2 Å². The molecule has 0 aromatic heterocycles. The van der Waals surface area contributed by atoms with Gasteiger partial charge in [-0.1, -0.05) is 63.8 Å². The Morgan fingerprint density at radius 2 is 1.77 bits per heavy atom. The minimum Gasteiger partial charge on any atom is -0.359 e. The fourth-order valence-corrected chi connectivity index (χ4v) is 2.22. The summed E-state index contributed by atoms with van der Waals surface area (Å²) >= 11 is 0. The molecule has 0 saturated carbocycles. The van der Waals surface area contributed by atoms with Crippen molar-refractivity contribution in [1.82, 2.24) is 0 Å². The van der Waals surface area contributed by atoms with Crippen molar-refractivity contribution in [2.24, 2.45) is 5.92 Å². The lowest BCUT2D eigenvalue weighted by atomic mass is 10.0. The molecule has 0 N–H and O–H groups in total. The second-order valence-electron chi connectivity index (χ2n) is 5.81. The SMILES string of the molecule is CCCCCC[C@@H](C)/C=C/C=C/C(CCCC=O)OCOC. The van der Waals surface area contributed by atoms with Crippen LogP contribution in [0.2, 0.25) is 0 Å². The number of rotatable bonds is 15. The number of unbranched alkanes of at least 4 members (excludes halogenated alkanes) is 4. The molecule has 0 aliphatic heterocycles. The molecule has 0 aromatic carbocycles. The summed E-state index contributed by atoms with van der Waals surface area (Å²) in [6.45, 7) is 4.79. The summed E-state index contributed by atoms with van der Waals surface area (Å²) in [4.78, 5) is 10.4. The zero-order chi connectivity index (χ0) is 16.5. The van der Waals surface area contributed by atoms with Gasteiger partial charge in [-0.15, -0.1) is 0 Å². The van der Waals surface area contributed by atoms with Crippen molar-refractivity contribution in [2.75, 3.05) is 13.9 Å². The van der Waals surface area contributed by atoms with Crippen molar-refractivity contribution in [1.29, 1.82) is 0 Å². The Kier molecular flexibility index (Phi) is 15.7. The number of allylic oxidation sites excluding steroid dienone is 3. The van der Waals surface area contributed by atoms with Crippen molar-refractivity contribution < 1.29 is 14.3 Å². The third-order valence-electron chi connectivity index (χ3n) is 3.60. The summed E-state index contributed by atoms with van der Waals surface area (Å²) in [5.41, 5.74) is 0. The number of methoxy groups -OCH3 is 1. The fraction of sp³-hybridized carbons (Fsp3) is 0.737. The number of aldehydes is 1. The zero-order valence-corrected chi connectivity index (χ0v) is 14.6. The molecule has 0 heterocycles. The maximum Gasteiger partial charge on any atom is 0.147 e. The Hall–Kier alpha value is -0.930. The van der Waals surface area contributed by atoms with Crippen LogP contribution >= 0.6 is 0 Å². The Bertz CT molecular complexity index is 297. The number of carbonyl (C=O) groups excluding carboxylic acids is 1. The summed E-state index contributed by atoms with van der Waals surface area (Å²) in [5, 5.41) is 0. The van der Waals surface area contributed by atoms with Crippen LogP contribution in [0.25, 0.3) is 0 Å². The van der Waals surface area contributed by atoms with Gasteiger partial charge in [0, 0.05) is 13.5 Å². The van der Waals surface area contributed by atoms with Crippen LogP contribution in [0.4, 0.5) is 0 Å². The molecule has 22 heavy (non-hydrogen) atoms. The smallest absolute Gasteiger partial charge is 0.147 e. The van der Waals surface area contributed by atoms with Crippen molar-refractivity contribution >= 4 is 6.29 Å². The number of hydrogen-bond donors (Lipinski definition) is 0. The summed E-state index contributed by atoms with van der Waals surface area (Å²) in [6.07, 6.45) is 18.2. The van der Waals surface area contributed by atoms with Gasteiger partial charge >= 0.3 is 0 Å². The van der Waals surface area contributed by atoms with E-state index in [0.29, 0.717) is 12.3 Å². The number of ether oxygens (including phenoxy) is 2. The first-order chi connectivity index (χ1) is 10.7. The molecule has 0 aliphatic rings. The third-order valence-corrected chi connectivity index (χ3v) is 3.60. The molecule has 0 rings (SSSR count). The van der Waals surface area contributed by atoms with E-state index in [1.807, 2.05) is 12.2 Å². The highest BCUT2D eigenvalue weighted by molar-refractivity contribution is 5.48. The van der Waals surface area contributed by atoms with Gasteiger partial charge in [-0.3, -0.25) is 0 Å². The van der Waals surface area contributed by atoms with E-state index in [9.17, 15) is 4.79 Å².